The molecule has 0 spiro atoms. The third kappa shape index (κ3) is 8.71. The van der Waals surface area contributed by atoms with Crippen molar-refractivity contribution in [3.8, 4) is 11.1 Å². The second-order valence-corrected chi connectivity index (χ2v) is 11.4. The van der Waals surface area contributed by atoms with Gasteiger partial charge >= 0.3 is 0 Å². The number of unbranched alkanes of at least 4 members (excludes halogenated alkanes) is 7. The monoisotopic (exact) mass is 737 g/mol. The maximum atomic E-state index is 6.63. The number of hydrogen-bond donors (Lipinski definition) is 2. The summed E-state index contributed by atoms with van der Waals surface area (Å²) >= 11 is 0. The third-order valence-electron chi connectivity index (χ3n) is 7.37. The number of nitrogen functional groups attached to an aromatic ring is 2. The Morgan fingerprint density at radius 2 is 1.26 bits per heavy atom. The Bertz CT molecular complexity index is 1300. The van der Waals surface area contributed by atoms with E-state index in [4.69, 9.17) is 11.5 Å². The number of hydrogen-bond acceptors (Lipinski definition) is 2. The highest BCUT2D eigenvalue weighted by atomic mass is 127. The fraction of sp³-hybridized carbons (Fsp3) is 0.394. The number of nitrogens with two attached hydrogens (primary N) is 2. The number of aryl methyl sites for hydroxylation is 1. The van der Waals surface area contributed by atoms with Gasteiger partial charge in [0.25, 0.3) is 0 Å². The van der Waals surface area contributed by atoms with Crippen LogP contribution in [0.15, 0.2) is 66.7 Å². The molecule has 4 aromatic carbocycles. The van der Waals surface area contributed by atoms with Gasteiger partial charge in [-0.3, -0.25) is 0 Å². The van der Waals surface area contributed by atoms with Gasteiger partial charge < -0.3 is 39.9 Å². The van der Waals surface area contributed by atoms with Gasteiger partial charge in [0, 0.05) is 16.8 Å². The summed E-state index contributed by atoms with van der Waals surface area (Å²) in [6, 6.07) is 23.5. The first-order chi connectivity index (χ1) is 17.3. The summed E-state index contributed by atoms with van der Waals surface area (Å²) in [5.41, 5.74) is 18.4. The molecule has 206 valence electrons. The molecule has 0 amide bonds. The van der Waals surface area contributed by atoms with Crippen molar-refractivity contribution in [1.29, 1.82) is 0 Å². The second kappa shape index (κ2) is 15.3. The first-order valence-corrected chi connectivity index (χ1v) is 13.7. The third-order valence-corrected chi connectivity index (χ3v) is 7.37. The van der Waals surface area contributed by atoms with E-state index in [1.54, 1.807) is 0 Å². The van der Waals surface area contributed by atoms with Gasteiger partial charge in [-0.2, -0.15) is 0 Å². The summed E-state index contributed by atoms with van der Waals surface area (Å²) < 4.78 is 1.08. The first-order valence-electron chi connectivity index (χ1n) is 13.7. The summed E-state index contributed by atoms with van der Waals surface area (Å²) in [4.78, 5) is 0. The molecule has 3 nitrogen and oxygen atoms in total. The van der Waals surface area contributed by atoms with Crippen LogP contribution in [0.1, 0.15) is 56.9 Å². The van der Waals surface area contributed by atoms with Gasteiger partial charge in [0.2, 0.25) is 0 Å². The van der Waals surface area contributed by atoms with Gasteiger partial charge in [-0.05, 0) is 76.7 Å². The maximum absolute atomic E-state index is 6.63. The molecule has 5 heteroatoms. The topological polar surface area (TPSA) is 52.0 Å². The van der Waals surface area contributed by atoms with E-state index in [2.05, 4.69) is 81.8 Å². The first kappa shape index (κ1) is 32.6. The van der Waals surface area contributed by atoms with Crippen molar-refractivity contribution in [2.75, 3.05) is 39.2 Å². The molecule has 0 radical (unpaired) electrons. The predicted molar refractivity (Wildman–Crippen MR) is 175 cm³/mol. The molecular formula is C33H45I2N3. The quantitative estimate of drug-likeness (QED) is 0.0634. The molecule has 0 saturated carbocycles. The van der Waals surface area contributed by atoms with Crippen molar-refractivity contribution in [3.05, 3.63) is 72.3 Å². The highest BCUT2D eigenvalue weighted by Crippen LogP contribution is 2.39. The van der Waals surface area contributed by atoms with Crippen molar-refractivity contribution in [2.45, 2.75) is 57.8 Å². The molecule has 0 heterocycles. The summed E-state index contributed by atoms with van der Waals surface area (Å²) in [7, 11) is 6.85. The standard InChI is InChI=1S/C33H44N3.2HI/c1-36(2,3)22-14-9-7-5-4-6-8-13-17-28-30(25-15-11-10-12-16-25)24-32(35)29-21-19-26-18-20-27(34)23-31(26)33(28)29;;/h10-12,15-16,18-21,23-24H,4-9,13-14,17,22,34-35H2,1-3H3;2*1H/q+1;;/p-1. The van der Waals surface area contributed by atoms with Crippen LogP contribution in [0.4, 0.5) is 11.4 Å². The van der Waals surface area contributed by atoms with Crippen molar-refractivity contribution in [1.82, 2.24) is 0 Å². The fourth-order valence-electron chi connectivity index (χ4n) is 5.44. The average molecular weight is 738 g/mol. The molecule has 0 aliphatic rings. The molecule has 38 heavy (non-hydrogen) atoms. The zero-order valence-corrected chi connectivity index (χ0v) is 27.8. The van der Waals surface area contributed by atoms with Crippen molar-refractivity contribution >= 4 is 56.9 Å². The molecular weight excluding hydrogens is 692 g/mol. The zero-order chi connectivity index (χ0) is 25.5. The van der Waals surface area contributed by atoms with Gasteiger partial charge in [-0.15, -0.1) is 24.0 Å². The van der Waals surface area contributed by atoms with Gasteiger partial charge in [0.1, 0.15) is 0 Å². The lowest BCUT2D eigenvalue weighted by Crippen LogP contribution is -3.00. The summed E-state index contributed by atoms with van der Waals surface area (Å²) in [5.74, 6) is 0. The average Bonchev–Trinajstić information content (AvgIpc) is 2.85. The lowest BCUT2D eigenvalue weighted by atomic mass is 9.87. The van der Waals surface area contributed by atoms with Gasteiger partial charge in [0.05, 0.1) is 27.7 Å². The summed E-state index contributed by atoms with van der Waals surface area (Å²) in [6.45, 7) is 1.28. The second-order valence-electron chi connectivity index (χ2n) is 11.4. The summed E-state index contributed by atoms with van der Waals surface area (Å²) in [6.07, 6.45) is 11.6. The van der Waals surface area contributed by atoms with E-state index in [-0.39, 0.29) is 48.0 Å². The minimum Gasteiger partial charge on any atom is -1.00 e. The van der Waals surface area contributed by atoms with Crippen LogP contribution in [0.5, 0.6) is 0 Å². The normalized spacial score (nSPS) is 11.3. The maximum Gasteiger partial charge on any atom is 0.0780 e. The Balaban J connectivity index is 0.00000253. The lowest BCUT2D eigenvalue weighted by molar-refractivity contribution is -0.870. The smallest absolute Gasteiger partial charge is 0.0780 e. The highest BCUT2D eigenvalue weighted by molar-refractivity contribution is 14.0. The number of quaternary nitrogens is 1. The number of rotatable bonds is 12. The fourth-order valence-corrected chi connectivity index (χ4v) is 5.44. The van der Waals surface area contributed by atoms with Crippen LogP contribution in [-0.2, 0) is 6.42 Å². The Kier molecular flexibility index (Phi) is 13.1. The van der Waals surface area contributed by atoms with E-state index in [9.17, 15) is 0 Å². The van der Waals surface area contributed by atoms with E-state index >= 15 is 0 Å². The highest BCUT2D eigenvalue weighted by Gasteiger charge is 2.15. The Morgan fingerprint density at radius 1 is 0.658 bits per heavy atom. The van der Waals surface area contributed by atoms with E-state index in [1.807, 2.05) is 6.07 Å². The van der Waals surface area contributed by atoms with Gasteiger partial charge in [-0.1, -0.05) is 80.6 Å². The molecule has 0 atom stereocenters. The molecule has 4 aromatic rings. The Morgan fingerprint density at radius 3 is 1.92 bits per heavy atom. The van der Waals surface area contributed by atoms with Crippen LogP contribution in [0, 0.1) is 0 Å². The van der Waals surface area contributed by atoms with Crippen LogP contribution in [-0.4, -0.2) is 32.2 Å². The Labute approximate surface area is 264 Å². The van der Waals surface area contributed by atoms with E-state index in [0.717, 1.165) is 27.7 Å². The molecule has 0 aromatic heterocycles. The number of halogens is 2. The van der Waals surface area contributed by atoms with Crippen LogP contribution in [0.25, 0.3) is 32.7 Å². The van der Waals surface area contributed by atoms with Crippen molar-refractivity contribution < 1.29 is 28.5 Å². The molecule has 0 unspecified atom stereocenters. The van der Waals surface area contributed by atoms with Gasteiger partial charge in [-0.25, -0.2) is 0 Å². The van der Waals surface area contributed by atoms with Crippen LogP contribution in [0.2, 0.25) is 0 Å². The number of benzene rings is 4. The van der Waals surface area contributed by atoms with E-state index < -0.39 is 0 Å². The van der Waals surface area contributed by atoms with Gasteiger partial charge in [0.15, 0.2) is 0 Å². The molecule has 0 aliphatic carbocycles. The molecule has 4 N–H and O–H groups in total. The number of anilines is 2. The van der Waals surface area contributed by atoms with E-state index in [1.165, 1.54) is 90.8 Å². The SMILES string of the molecule is C[N+](C)(C)CCCCCCCCCCc1c(-c2ccccc2)cc(N)c2ccc3ccc(N)cc3c12.I.[I-]. The molecule has 0 saturated heterocycles. The lowest BCUT2D eigenvalue weighted by Gasteiger charge is -2.23. The van der Waals surface area contributed by atoms with Crippen LogP contribution >= 0.6 is 24.0 Å². The predicted octanol–water partition coefficient (Wildman–Crippen LogP) is 5.82. The summed E-state index contributed by atoms with van der Waals surface area (Å²) in [5, 5.41) is 4.83. The van der Waals surface area contributed by atoms with Crippen LogP contribution in [0.3, 0.4) is 0 Å². The van der Waals surface area contributed by atoms with Crippen molar-refractivity contribution in [2.24, 2.45) is 0 Å². The zero-order valence-electron chi connectivity index (χ0n) is 23.3. The number of fused-ring (bicyclic) bond motifs is 3. The van der Waals surface area contributed by atoms with E-state index in [0.29, 0.717) is 0 Å². The minimum absolute atomic E-state index is 0. The molecule has 4 rings (SSSR count). The molecule has 0 fully saturated rings. The van der Waals surface area contributed by atoms with Crippen LogP contribution < -0.4 is 35.4 Å². The number of nitrogens with zero attached hydrogens (tertiary/aromatic N) is 1. The largest absolute Gasteiger partial charge is 1.00 e. The Hall–Kier alpha value is -1.58. The minimum atomic E-state index is 0. The molecule has 0 bridgehead atoms. The molecule has 0 aliphatic heterocycles. The van der Waals surface area contributed by atoms with Crippen molar-refractivity contribution in [3.63, 3.8) is 0 Å².